The Morgan fingerprint density at radius 1 is 1.61 bits per heavy atom. The van der Waals surface area contributed by atoms with Crippen LogP contribution in [-0.4, -0.2) is 28.3 Å². The Morgan fingerprint density at radius 2 is 2.33 bits per heavy atom. The zero-order chi connectivity index (χ0) is 13.3. The molecule has 3 N–H and O–H groups in total. The first-order chi connectivity index (χ1) is 8.49. The molecule has 2 rings (SSSR count). The first-order valence-electron chi connectivity index (χ1n) is 5.30. The number of benzene rings is 1. The topological polar surface area (TPSA) is 119 Å². The molecule has 2 atom stereocenters. The van der Waals surface area contributed by atoms with Gasteiger partial charge in [0.25, 0.3) is 5.69 Å². The number of nitro groups is 1. The first-order valence-corrected chi connectivity index (χ1v) is 5.30. The summed E-state index contributed by atoms with van der Waals surface area (Å²) in [7, 11) is 0. The minimum atomic E-state index is -1.10. The van der Waals surface area contributed by atoms with Gasteiger partial charge < -0.3 is 10.8 Å². The molecule has 0 spiro atoms. The number of non-ortho nitro benzene ring substituents is 1. The second-order valence-corrected chi connectivity index (χ2v) is 4.07. The van der Waals surface area contributed by atoms with Gasteiger partial charge in [-0.05, 0) is 18.1 Å². The Labute approximate surface area is 102 Å². The van der Waals surface area contributed by atoms with E-state index in [2.05, 4.69) is 4.99 Å². The third-order valence-electron chi connectivity index (χ3n) is 2.84. The van der Waals surface area contributed by atoms with Crippen molar-refractivity contribution in [1.82, 2.24) is 0 Å². The predicted molar refractivity (Wildman–Crippen MR) is 64.2 cm³/mol. The van der Waals surface area contributed by atoms with Gasteiger partial charge in [-0.2, -0.15) is 0 Å². The van der Waals surface area contributed by atoms with Crippen molar-refractivity contribution in [2.75, 3.05) is 0 Å². The Balaban J connectivity index is 2.25. The van der Waals surface area contributed by atoms with Crippen LogP contribution >= 0.6 is 0 Å². The molecule has 0 bridgehead atoms. The molecule has 94 valence electrons. The zero-order valence-corrected chi connectivity index (χ0v) is 9.31. The Kier molecular flexibility index (Phi) is 3.07. The summed E-state index contributed by atoms with van der Waals surface area (Å²) in [4.78, 5) is 25.0. The second kappa shape index (κ2) is 4.53. The van der Waals surface area contributed by atoms with Crippen LogP contribution in [0.5, 0.6) is 0 Å². The molecular formula is C11H11N3O4. The lowest BCUT2D eigenvalue weighted by molar-refractivity contribution is -0.384. The van der Waals surface area contributed by atoms with Crippen LogP contribution in [0.25, 0.3) is 0 Å². The van der Waals surface area contributed by atoms with E-state index < -0.39 is 16.9 Å². The average Bonchev–Trinajstić information content (AvgIpc) is 2.71. The molecule has 18 heavy (non-hydrogen) atoms. The summed E-state index contributed by atoms with van der Waals surface area (Å²) in [5.41, 5.74) is 6.70. The number of aliphatic imine (C=N–C) groups is 1. The van der Waals surface area contributed by atoms with Gasteiger partial charge in [0, 0.05) is 24.3 Å². The molecule has 0 fully saturated rings. The van der Waals surface area contributed by atoms with Crippen molar-refractivity contribution < 1.29 is 14.8 Å². The number of carboxylic acid groups (broad SMARTS) is 1. The van der Waals surface area contributed by atoms with Crippen molar-refractivity contribution >= 4 is 23.6 Å². The number of nitro benzene ring substituents is 1. The highest BCUT2D eigenvalue weighted by Gasteiger charge is 2.25. The number of carbonyl (C=O) groups is 1. The number of hydrogen-bond acceptors (Lipinski definition) is 5. The Morgan fingerprint density at radius 3 is 2.94 bits per heavy atom. The van der Waals surface area contributed by atoms with E-state index in [1.807, 2.05) is 0 Å². The molecule has 1 aromatic rings. The van der Waals surface area contributed by atoms with Gasteiger partial charge >= 0.3 is 5.97 Å². The summed E-state index contributed by atoms with van der Waals surface area (Å²) in [6, 6.07) is 3.33. The van der Waals surface area contributed by atoms with Gasteiger partial charge in [0.2, 0.25) is 0 Å². The number of nitrogens with zero attached hydrogens (tertiary/aromatic N) is 2. The molecule has 7 heteroatoms. The Hall–Kier alpha value is -2.28. The fourth-order valence-corrected chi connectivity index (χ4v) is 1.88. The number of aliphatic carboxylic acids is 1. The minimum absolute atomic E-state index is 0.0341. The molecule has 0 unspecified atom stereocenters. The smallest absolute Gasteiger partial charge is 0.320 e. The summed E-state index contributed by atoms with van der Waals surface area (Å²) in [5.74, 6) is -1.38. The van der Waals surface area contributed by atoms with Crippen molar-refractivity contribution in [3.8, 4) is 0 Å². The van der Waals surface area contributed by atoms with E-state index in [0.29, 0.717) is 11.3 Å². The lowest BCUT2D eigenvalue weighted by Crippen LogP contribution is -2.31. The predicted octanol–water partition coefficient (Wildman–Crippen LogP) is 1.20. The summed E-state index contributed by atoms with van der Waals surface area (Å²) in [6.07, 6.45) is 1.75. The summed E-state index contributed by atoms with van der Waals surface area (Å²) in [5, 5.41) is 19.4. The number of rotatable bonds is 4. The van der Waals surface area contributed by atoms with E-state index in [4.69, 9.17) is 10.8 Å². The summed E-state index contributed by atoms with van der Waals surface area (Å²) < 4.78 is 0. The van der Waals surface area contributed by atoms with Gasteiger partial charge in [-0.25, -0.2) is 0 Å². The van der Waals surface area contributed by atoms with Crippen LogP contribution in [0.15, 0.2) is 23.2 Å². The number of hydrogen-bond donors (Lipinski definition) is 2. The van der Waals surface area contributed by atoms with E-state index >= 15 is 0 Å². The SMILES string of the molecule is N[C@H](C[C@@H]1C=Nc2ccc([N+](=O)[O-])cc21)C(=O)O. The molecule has 1 heterocycles. The molecule has 0 aromatic heterocycles. The molecule has 0 saturated heterocycles. The molecule has 1 aromatic carbocycles. The number of carboxylic acids is 1. The average molecular weight is 249 g/mol. The maximum Gasteiger partial charge on any atom is 0.320 e. The highest BCUT2D eigenvalue weighted by Crippen LogP contribution is 2.36. The van der Waals surface area contributed by atoms with Gasteiger partial charge in [-0.15, -0.1) is 0 Å². The lowest BCUT2D eigenvalue weighted by Gasteiger charge is -2.12. The molecule has 0 amide bonds. The maximum absolute atomic E-state index is 10.7. The van der Waals surface area contributed by atoms with Crippen LogP contribution < -0.4 is 5.73 Å². The largest absolute Gasteiger partial charge is 0.480 e. The quantitative estimate of drug-likeness (QED) is 0.613. The van der Waals surface area contributed by atoms with Crippen molar-refractivity contribution in [2.45, 2.75) is 18.4 Å². The summed E-state index contributed by atoms with van der Waals surface area (Å²) >= 11 is 0. The standard InChI is InChI=1S/C11H11N3O4/c12-9(11(15)16)3-6-5-13-10-2-1-7(14(17)18)4-8(6)10/h1-2,4-6,9H,3,12H2,(H,15,16)/t6-,9-/m1/s1. The fourth-order valence-electron chi connectivity index (χ4n) is 1.88. The van der Waals surface area contributed by atoms with Crippen molar-refractivity contribution in [1.29, 1.82) is 0 Å². The number of fused-ring (bicyclic) bond motifs is 1. The molecule has 7 nitrogen and oxygen atoms in total. The fraction of sp³-hybridized carbons (Fsp3) is 0.273. The minimum Gasteiger partial charge on any atom is -0.480 e. The van der Waals surface area contributed by atoms with Crippen LogP contribution in [0.1, 0.15) is 17.9 Å². The number of nitrogens with two attached hydrogens (primary N) is 1. The molecular weight excluding hydrogens is 238 g/mol. The van der Waals surface area contributed by atoms with E-state index in [1.54, 1.807) is 12.3 Å². The third-order valence-corrected chi connectivity index (χ3v) is 2.84. The maximum atomic E-state index is 10.7. The van der Waals surface area contributed by atoms with Gasteiger partial charge in [-0.3, -0.25) is 19.9 Å². The van der Waals surface area contributed by atoms with Crippen LogP contribution in [0, 0.1) is 10.1 Å². The van der Waals surface area contributed by atoms with Gasteiger partial charge in [0.1, 0.15) is 6.04 Å². The normalized spacial score (nSPS) is 18.4. The lowest BCUT2D eigenvalue weighted by atomic mass is 9.94. The molecule has 0 saturated carbocycles. The molecule has 0 radical (unpaired) electrons. The van der Waals surface area contributed by atoms with Crippen LogP contribution in [-0.2, 0) is 4.79 Å². The van der Waals surface area contributed by atoms with E-state index in [0.717, 1.165) is 0 Å². The van der Waals surface area contributed by atoms with Crippen LogP contribution in [0.2, 0.25) is 0 Å². The molecule has 1 aliphatic rings. The van der Waals surface area contributed by atoms with Gasteiger partial charge in [-0.1, -0.05) is 0 Å². The van der Waals surface area contributed by atoms with E-state index in [1.165, 1.54) is 12.1 Å². The van der Waals surface area contributed by atoms with Gasteiger partial charge in [0.05, 0.1) is 10.6 Å². The zero-order valence-electron chi connectivity index (χ0n) is 9.31. The van der Waals surface area contributed by atoms with Crippen molar-refractivity contribution in [3.63, 3.8) is 0 Å². The molecule has 0 aliphatic carbocycles. The molecule has 1 aliphatic heterocycles. The van der Waals surface area contributed by atoms with Crippen molar-refractivity contribution in [3.05, 3.63) is 33.9 Å². The van der Waals surface area contributed by atoms with Crippen LogP contribution in [0.3, 0.4) is 0 Å². The highest BCUT2D eigenvalue weighted by molar-refractivity contribution is 5.83. The monoisotopic (exact) mass is 249 g/mol. The summed E-state index contributed by atoms with van der Waals surface area (Å²) in [6.45, 7) is 0. The van der Waals surface area contributed by atoms with Gasteiger partial charge in [0.15, 0.2) is 0 Å². The van der Waals surface area contributed by atoms with E-state index in [9.17, 15) is 14.9 Å². The highest BCUT2D eigenvalue weighted by atomic mass is 16.6. The Bertz CT molecular complexity index is 541. The second-order valence-electron chi connectivity index (χ2n) is 4.07. The first kappa shape index (κ1) is 12.2. The van der Waals surface area contributed by atoms with Crippen molar-refractivity contribution in [2.24, 2.45) is 10.7 Å². The van der Waals surface area contributed by atoms with Crippen LogP contribution in [0.4, 0.5) is 11.4 Å². The van der Waals surface area contributed by atoms with E-state index in [-0.39, 0.29) is 18.0 Å². The third kappa shape index (κ3) is 2.21.